The highest BCUT2D eigenvalue weighted by atomic mass is 79.9. The Balaban J connectivity index is 2.76. The summed E-state index contributed by atoms with van der Waals surface area (Å²) < 4.78 is 0. The number of hydrogen-bond donors (Lipinski definition) is 0. The number of aryl methyl sites for hydroxylation is 2. The SMILES string of the molecule is CCCN(CCBr)Cc1c(C)cccc1C. The van der Waals surface area contributed by atoms with E-state index in [1.807, 2.05) is 0 Å². The second kappa shape index (κ2) is 7.08. The highest BCUT2D eigenvalue weighted by Gasteiger charge is 2.08. The highest BCUT2D eigenvalue weighted by Crippen LogP contribution is 2.16. The number of halogens is 1. The minimum atomic E-state index is 1.05. The van der Waals surface area contributed by atoms with Crippen LogP contribution in [0.4, 0.5) is 0 Å². The second-order valence-corrected chi connectivity index (χ2v) is 5.13. The Morgan fingerprint density at radius 1 is 1.12 bits per heavy atom. The Hall–Kier alpha value is -0.340. The highest BCUT2D eigenvalue weighted by molar-refractivity contribution is 9.09. The van der Waals surface area contributed by atoms with Crippen LogP contribution >= 0.6 is 15.9 Å². The lowest BCUT2D eigenvalue weighted by atomic mass is 10.0. The third kappa shape index (κ3) is 3.91. The second-order valence-electron chi connectivity index (χ2n) is 4.34. The predicted molar refractivity (Wildman–Crippen MR) is 75.3 cm³/mol. The van der Waals surface area contributed by atoms with E-state index >= 15 is 0 Å². The van der Waals surface area contributed by atoms with Crippen LogP contribution in [0.15, 0.2) is 18.2 Å². The topological polar surface area (TPSA) is 3.24 Å². The van der Waals surface area contributed by atoms with Crippen molar-refractivity contribution in [2.24, 2.45) is 0 Å². The summed E-state index contributed by atoms with van der Waals surface area (Å²) >= 11 is 3.53. The van der Waals surface area contributed by atoms with Crippen LogP contribution in [0.3, 0.4) is 0 Å². The van der Waals surface area contributed by atoms with Crippen LogP contribution in [0.2, 0.25) is 0 Å². The summed E-state index contributed by atoms with van der Waals surface area (Å²) in [6.45, 7) is 10.0. The van der Waals surface area contributed by atoms with E-state index in [9.17, 15) is 0 Å². The molecule has 90 valence electrons. The van der Waals surface area contributed by atoms with E-state index in [2.05, 4.69) is 59.8 Å². The standard InChI is InChI=1S/C14H22BrN/c1-4-9-16(10-8-15)11-14-12(2)6-5-7-13(14)3/h5-7H,4,8-11H2,1-3H3. The Morgan fingerprint density at radius 2 is 1.75 bits per heavy atom. The summed E-state index contributed by atoms with van der Waals surface area (Å²) in [4.78, 5) is 2.52. The fourth-order valence-electron chi connectivity index (χ4n) is 2.03. The first-order chi connectivity index (χ1) is 7.69. The molecule has 0 heterocycles. The average molecular weight is 284 g/mol. The number of benzene rings is 1. The molecule has 0 saturated carbocycles. The summed E-state index contributed by atoms with van der Waals surface area (Å²) in [7, 11) is 0. The minimum Gasteiger partial charge on any atom is -0.298 e. The molecular weight excluding hydrogens is 262 g/mol. The number of nitrogens with zero attached hydrogens (tertiary/aromatic N) is 1. The van der Waals surface area contributed by atoms with Gasteiger partial charge in [0.2, 0.25) is 0 Å². The third-order valence-electron chi connectivity index (χ3n) is 2.97. The zero-order valence-electron chi connectivity index (χ0n) is 10.6. The Kier molecular flexibility index (Phi) is 6.07. The van der Waals surface area contributed by atoms with E-state index in [0.717, 1.165) is 18.4 Å². The zero-order valence-corrected chi connectivity index (χ0v) is 12.2. The van der Waals surface area contributed by atoms with Crippen molar-refractivity contribution in [1.29, 1.82) is 0 Å². The lowest BCUT2D eigenvalue weighted by Gasteiger charge is -2.22. The van der Waals surface area contributed by atoms with Crippen molar-refractivity contribution in [2.75, 3.05) is 18.4 Å². The van der Waals surface area contributed by atoms with Gasteiger partial charge < -0.3 is 0 Å². The molecule has 1 aromatic rings. The molecular formula is C14H22BrN. The molecule has 2 heteroatoms. The Bertz CT molecular complexity index is 296. The van der Waals surface area contributed by atoms with Gasteiger partial charge in [-0.15, -0.1) is 0 Å². The van der Waals surface area contributed by atoms with Gasteiger partial charge in [0.1, 0.15) is 0 Å². The van der Waals surface area contributed by atoms with Gasteiger partial charge in [-0.3, -0.25) is 4.90 Å². The molecule has 0 bridgehead atoms. The molecule has 0 atom stereocenters. The van der Waals surface area contributed by atoms with Gasteiger partial charge in [0.25, 0.3) is 0 Å². The van der Waals surface area contributed by atoms with Crippen molar-refractivity contribution < 1.29 is 0 Å². The molecule has 0 aromatic heterocycles. The van der Waals surface area contributed by atoms with Gasteiger partial charge in [-0.05, 0) is 43.5 Å². The number of alkyl halides is 1. The largest absolute Gasteiger partial charge is 0.298 e. The molecule has 1 rings (SSSR count). The van der Waals surface area contributed by atoms with E-state index in [0.29, 0.717) is 0 Å². The number of rotatable bonds is 6. The smallest absolute Gasteiger partial charge is 0.0239 e. The molecule has 0 aliphatic rings. The summed E-state index contributed by atoms with van der Waals surface area (Å²) in [5, 5.41) is 1.05. The number of hydrogen-bond acceptors (Lipinski definition) is 1. The van der Waals surface area contributed by atoms with Crippen molar-refractivity contribution in [3.8, 4) is 0 Å². The van der Waals surface area contributed by atoms with Crippen molar-refractivity contribution in [2.45, 2.75) is 33.7 Å². The van der Waals surface area contributed by atoms with Gasteiger partial charge >= 0.3 is 0 Å². The van der Waals surface area contributed by atoms with Crippen molar-refractivity contribution in [3.05, 3.63) is 34.9 Å². The third-order valence-corrected chi connectivity index (χ3v) is 3.32. The van der Waals surface area contributed by atoms with Gasteiger partial charge in [-0.2, -0.15) is 0 Å². The summed E-state index contributed by atoms with van der Waals surface area (Å²) in [6, 6.07) is 6.56. The summed E-state index contributed by atoms with van der Waals surface area (Å²) in [5.74, 6) is 0. The van der Waals surface area contributed by atoms with Gasteiger partial charge in [-0.25, -0.2) is 0 Å². The molecule has 0 aliphatic heterocycles. The Morgan fingerprint density at radius 3 is 2.25 bits per heavy atom. The maximum Gasteiger partial charge on any atom is 0.0239 e. The van der Waals surface area contributed by atoms with Gasteiger partial charge in [-0.1, -0.05) is 41.1 Å². The molecule has 0 radical (unpaired) electrons. The lowest BCUT2D eigenvalue weighted by Crippen LogP contribution is -2.26. The molecule has 0 N–H and O–H groups in total. The van der Waals surface area contributed by atoms with Gasteiger partial charge in [0.15, 0.2) is 0 Å². The van der Waals surface area contributed by atoms with Crippen LogP contribution in [0.1, 0.15) is 30.0 Å². The lowest BCUT2D eigenvalue weighted by molar-refractivity contribution is 0.282. The fraction of sp³-hybridized carbons (Fsp3) is 0.571. The molecule has 1 nitrogen and oxygen atoms in total. The first kappa shape index (κ1) is 13.7. The van der Waals surface area contributed by atoms with Gasteiger partial charge in [0, 0.05) is 18.4 Å². The summed E-state index contributed by atoms with van der Waals surface area (Å²) in [5.41, 5.74) is 4.32. The van der Waals surface area contributed by atoms with Gasteiger partial charge in [0.05, 0.1) is 0 Å². The van der Waals surface area contributed by atoms with E-state index < -0.39 is 0 Å². The van der Waals surface area contributed by atoms with Crippen LogP contribution in [-0.2, 0) is 6.54 Å². The van der Waals surface area contributed by atoms with E-state index in [1.54, 1.807) is 0 Å². The Labute approximate surface area is 108 Å². The maximum absolute atomic E-state index is 3.53. The quantitative estimate of drug-likeness (QED) is 0.716. The monoisotopic (exact) mass is 283 g/mol. The summed E-state index contributed by atoms with van der Waals surface area (Å²) in [6.07, 6.45) is 1.22. The average Bonchev–Trinajstić information content (AvgIpc) is 2.24. The van der Waals surface area contributed by atoms with Crippen molar-refractivity contribution in [1.82, 2.24) is 4.90 Å². The van der Waals surface area contributed by atoms with Crippen molar-refractivity contribution in [3.63, 3.8) is 0 Å². The first-order valence-electron chi connectivity index (χ1n) is 6.02. The molecule has 0 saturated heterocycles. The zero-order chi connectivity index (χ0) is 12.0. The van der Waals surface area contributed by atoms with Crippen LogP contribution < -0.4 is 0 Å². The first-order valence-corrected chi connectivity index (χ1v) is 7.14. The fourth-order valence-corrected chi connectivity index (χ4v) is 2.53. The van der Waals surface area contributed by atoms with Crippen LogP contribution in [0.5, 0.6) is 0 Å². The predicted octanol–water partition coefficient (Wildman–Crippen LogP) is 3.91. The van der Waals surface area contributed by atoms with Crippen LogP contribution in [0, 0.1) is 13.8 Å². The van der Waals surface area contributed by atoms with E-state index in [-0.39, 0.29) is 0 Å². The van der Waals surface area contributed by atoms with Crippen LogP contribution in [-0.4, -0.2) is 23.3 Å². The van der Waals surface area contributed by atoms with Crippen LogP contribution in [0.25, 0.3) is 0 Å². The molecule has 0 aliphatic carbocycles. The normalized spacial score (nSPS) is 11.1. The molecule has 1 aromatic carbocycles. The molecule has 0 amide bonds. The molecule has 0 spiro atoms. The minimum absolute atomic E-state index is 1.05. The van der Waals surface area contributed by atoms with E-state index in [1.165, 1.54) is 29.7 Å². The molecule has 16 heavy (non-hydrogen) atoms. The maximum atomic E-state index is 3.53. The van der Waals surface area contributed by atoms with Crippen molar-refractivity contribution >= 4 is 15.9 Å². The molecule has 0 fully saturated rings. The van der Waals surface area contributed by atoms with E-state index in [4.69, 9.17) is 0 Å². The molecule has 0 unspecified atom stereocenters.